The molecule has 1 aromatic heterocycles. The molecule has 0 fully saturated rings. The summed E-state index contributed by atoms with van der Waals surface area (Å²) in [5.74, 6) is 0.222. The molecule has 0 saturated carbocycles. The molecule has 0 atom stereocenters. The van der Waals surface area contributed by atoms with Gasteiger partial charge in [-0.1, -0.05) is 18.2 Å². The topological polar surface area (TPSA) is 47.0 Å². The molecule has 3 aromatic rings. The summed E-state index contributed by atoms with van der Waals surface area (Å²) in [5, 5.41) is 3.85. The molecular formula is C16H14FN3O. The first-order chi connectivity index (χ1) is 10.3. The van der Waals surface area contributed by atoms with Crippen LogP contribution in [0.4, 0.5) is 15.9 Å². The van der Waals surface area contributed by atoms with Crippen LogP contribution in [0, 0.1) is 5.82 Å². The fraction of sp³-hybridized carbons (Fsp3) is 0.125. The van der Waals surface area contributed by atoms with Crippen LogP contribution in [-0.2, 0) is 11.3 Å². The van der Waals surface area contributed by atoms with E-state index in [1.165, 1.54) is 12.4 Å². The van der Waals surface area contributed by atoms with Crippen molar-refractivity contribution in [3.8, 4) is 0 Å². The second kappa shape index (κ2) is 5.85. The molecule has 106 valence electrons. The van der Waals surface area contributed by atoms with Gasteiger partial charge in [-0.25, -0.2) is 14.4 Å². The number of nitrogens with zero attached hydrogens (tertiary/aromatic N) is 2. The number of methoxy groups -OCH3 is 1. The maximum absolute atomic E-state index is 13.7. The third-order valence-corrected chi connectivity index (χ3v) is 3.12. The number of hydrogen-bond acceptors (Lipinski definition) is 4. The molecule has 0 unspecified atom stereocenters. The van der Waals surface area contributed by atoms with Crippen molar-refractivity contribution >= 4 is 22.4 Å². The van der Waals surface area contributed by atoms with Crippen LogP contribution in [0.3, 0.4) is 0 Å². The Bertz CT molecular complexity index is 776. The van der Waals surface area contributed by atoms with Gasteiger partial charge in [0, 0.05) is 18.2 Å². The third kappa shape index (κ3) is 2.83. The molecule has 21 heavy (non-hydrogen) atoms. The minimum atomic E-state index is -0.355. The van der Waals surface area contributed by atoms with Crippen molar-refractivity contribution in [2.45, 2.75) is 6.61 Å². The molecule has 0 amide bonds. The number of benzene rings is 2. The average molecular weight is 283 g/mol. The van der Waals surface area contributed by atoms with E-state index in [9.17, 15) is 4.39 Å². The van der Waals surface area contributed by atoms with Gasteiger partial charge in [0.05, 0.1) is 6.61 Å². The molecule has 2 aromatic carbocycles. The largest absolute Gasteiger partial charge is 0.380 e. The Morgan fingerprint density at radius 3 is 2.86 bits per heavy atom. The van der Waals surface area contributed by atoms with E-state index >= 15 is 0 Å². The van der Waals surface area contributed by atoms with Crippen LogP contribution in [0.15, 0.2) is 48.8 Å². The minimum Gasteiger partial charge on any atom is -0.380 e. The van der Waals surface area contributed by atoms with E-state index < -0.39 is 0 Å². The van der Waals surface area contributed by atoms with Crippen LogP contribution in [0.5, 0.6) is 0 Å². The van der Waals surface area contributed by atoms with Crippen LogP contribution >= 0.6 is 0 Å². The quantitative estimate of drug-likeness (QED) is 0.793. The van der Waals surface area contributed by atoms with Gasteiger partial charge in [0.1, 0.15) is 23.5 Å². The van der Waals surface area contributed by atoms with Gasteiger partial charge < -0.3 is 10.1 Å². The van der Waals surface area contributed by atoms with Crippen LogP contribution < -0.4 is 5.32 Å². The molecule has 0 aliphatic rings. The highest BCUT2D eigenvalue weighted by Gasteiger charge is 2.07. The summed E-state index contributed by atoms with van der Waals surface area (Å²) in [6.45, 7) is 0.536. The molecule has 3 rings (SSSR count). The first kappa shape index (κ1) is 13.5. The van der Waals surface area contributed by atoms with Crippen molar-refractivity contribution in [2.24, 2.45) is 0 Å². The van der Waals surface area contributed by atoms with Gasteiger partial charge in [0.15, 0.2) is 0 Å². The van der Waals surface area contributed by atoms with Crippen molar-refractivity contribution in [3.63, 3.8) is 0 Å². The maximum atomic E-state index is 13.7. The number of aromatic nitrogens is 2. The predicted molar refractivity (Wildman–Crippen MR) is 79.9 cm³/mol. The number of fused-ring (bicyclic) bond motifs is 1. The molecule has 0 radical (unpaired) electrons. The van der Waals surface area contributed by atoms with E-state index in [0.717, 1.165) is 11.3 Å². The fourth-order valence-corrected chi connectivity index (χ4v) is 2.19. The highest BCUT2D eigenvalue weighted by atomic mass is 19.1. The number of hydrogen-bond donors (Lipinski definition) is 1. The lowest BCUT2D eigenvalue weighted by Crippen LogP contribution is -1.98. The summed E-state index contributed by atoms with van der Waals surface area (Å²) in [5.41, 5.74) is 2.23. The molecule has 0 spiro atoms. The zero-order valence-electron chi connectivity index (χ0n) is 11.5. The monoisotopic (exact) mass is 283 g/mol. The van der Waals surface area contributed by atoms with Crippen LogP contribution in [0.25, 0.3) is 10.9 Å². The molecule has 1 heterocycles. The Hall–Kier alpha value is -2.53. The summed E-state index contributed by atoms with van der Waals surface area (Å²) in [4.78, 5) is 8.18. The smallest absolute Gasteiger partial charge is 0.149 e. The second-order valence-corrected chi connectivity index (χ2v) is 4.62. The highest BCUT2D eigenvalue weighted by Crippen LogP contribution is 2.24. The van der Waals surface area contributed by atoms with E-state index in [1.807, 2.05) is 24.3 Å². The number of para-hydroxylation sites is 1. The Balaban J connectivity index is 1.98. The Morgan fingerprint density at radius 2 is 2.00 bits per heavy atom. The number of halogens is 1. The normalized spacial score (nSPS) is 10.8. The summed E-state index contributed by atoms with van der Waals surface area (Å²) in [6.07, 6.45) is 1.35. The van der Waals surface area contributed by atoms with Gasteiger partial charge in [0.2, 0.25) is 0 Å². The Kier molecular flexibility index (Phi) is 3.75. The average Bonchev–Trinajstić information content (AvgIpc) is 2.49. The summed E-state index contributed by atoms with van der Waals surface area (Å²) in [6, 6.07) is 12.6. The number of ether oxygens (including phenoxy) is 1. The molecule has 0 aliphatic heterocycles. The summed E-state index contributed by atoms with van der Waals surface area (Å²) in [7, 11) is 1.65. The van der Waals surface area contributed by atoms with E-state index in [-0.39, 0.29) is 5.82 Å². The van der Waals surface area contributed by atoms with Crippen molar-refractivity contribution in [3.05, 3.63) is 60.2 Å². The van der Waals surface area contributed by atoms with E-state index in [4.69, 9.17) is 4.74 Å². The fourth-order valence-electron chi connectivity index (χ4n) is 2.19. The molecular weight excluding hydrogens is 269 g/mol. The van der Waals surface area contributed by atoms with Crippen molar-refractivity contribution in [2.75, 3.05) is 12.4 Å². The number of rotatable bonds is 4. The van der Waals surface area contributed by atoms with E-state index in [0.29, 0.717) is 23.3 Å². The van der Waals surface area contributed by atoms with E-state index in [1.54, 1.807) is 19.2 Å². The lowest BCUT2D eigenvalue weighted by Gasteiger charge is -2.09. The first-order valence-electron chi connectivity index (χ1n) is 6.52. The van der Waals surface area contributed by atoms with Gasteiger partial charge in [-0.2, -0.15) is 0 Å². The molecule has 0 saturated heterocycles. The number of anilines is 2. The summed E-state index contributed by atoms with van der Waals surface area (Å²) < 4.78 is 18.9. The second-order valence-electron chi connectivity index (χ2n) is 4.62. The van der Waals surface area contributed by atoms with Crippen molar-refractivity contribution in [1.29, 1.82) is 0 Å². The van der Waals surface area contributed by atoms with Crippen LogP contribution in [0.2, 0.25) is 0 Å². The number of nitrogens with one attached hydrogen (secondary N) is 1. The predicted octanol–water partition coefficient (Wildman–Crippen LogP) is 3.66. The van der Waals surface area contributed by atoms with Crippen molar-refractivity contribution < 1.29 is 9.13 Å². The molecule has 5 heteroatoms. The SMILES string of the molecule is COCc1cccc(Nc2ncnc3c(F)cccc23)c1. The van der Waals surface area contributed by atoms with Gasteiger partial charge in [-0.15, -0.1) is 0 Å². The van der Waals surface area contributed by atoms with Gasteiger partial charge in [0.25, 0.3) is 0 Å². The molecule has 4 nitrogen and oxygen atoms in total. The van der Waals surface area contributed by atoms with Gasteiger partial charge in [-0.05, 0) is 29.8 Å². The lowest BCUT2D eigenvalue weighted by molar-refractivity contribution is 0.185. The summed E-state index contributed by atoms with van der Waals surface area (Å²) >= 11 is 0. The van der Waals surface area contributed by atoms with Crippen molar-refractivity contribution in [1.82, 2.24) is 9.97 Å². The van der Waals surface area contributed by atoms with Crippen LogP contribution in [0.1, 0.15) is 5.56 Å². The highest BCUT2D eigenvalue weighted by molar-refractivity contribution is 5.90. The standard InChI is InChI=1S/C16H14FN3O/c1-21-9-11-4-2-5-12(8-11)20-16-13-6-3-7-14(17)15(13)18-10-19-16/h2-8,10H,9H2,1H3,(H,18,19,20). The maximum Gasteiger partial charge on any atom is 0.149 e. The minimum absolute atomic E-state index is 0.308. The Morgan fingerprint density at radius 1 is 1.14 bits per heavy atom. The van der Waals surface area contributed by atoms with Gasteiger partial charge >= 0.3 is 0 Å². The molecule has 0 aliphatic carbocycles. The third-order valence-electron chi connectivity index (χ3n) is 3.12. The molecule has 0 bridgehead atoms. The van der Waals surface area contributed by atoms with Crippen LogP contribution in [-0.4, -0.2) is 17.1 Å². The first-order valence-corrected chi connectivity index (χ1v) is 6.52. The molecule has 1 N–H and O–H groups in total. The van der Waals surface area contributed by atoms with Gasteiger partial charge in [-0.3, -0.25) is 0 Å². The zero-order chi connectivity index (χ0) is 14.7. The Labute approximate surface area is 121 Å². The van der Waals surface area contributed by atoms with E-state index in [2.05, 4.69) is 15.3 Å². The zero-order valence-corrected chi connectivity index (χ0v) is 11.5. The lowest BCUT2D eigenvalue weighted by atomic mass is 10.2.